The average molecular weight is 441 g/mol. The Kier molecular flexibility index (Phi) is 4.35. The fourth-order valence-corrected chi connectivity index (χ4v) is 5.87. The lowest BCUT2D eigenvalue weighted by atomic mass is 9.92. The molecule has 168 valence electrons. The zero-order valence-electron chi connectivity index (χ0n) is 19.0. The van der Waals surface area contributed by atoms with Gasteiger partial charge in [0.1, 0.15) is 6.07 Å². The van der Waals surface area contributed by atoms with Crippen molar-refractivity contribution in [2.24, 2.45) is 5.73 Å². The third-order valence-electron chi connectivity index (χ3n) is 7.43. The van der Waals surface area contributed by atoms with E-state index in [9.17, 15) is 10.4 Å². The molecule has 1 aromatic heterocycles. The summed E-state index contributed by atoms with van der Waals surface area (Å²) in [5.74, 6) is -0.0629. The second-order valence-corrected chi connectivity index (χ2v) is 10.1. The molecule has 7 heteroatoms. The first-order valence-electron chi connectivity index (χ1n) is 11.5. The first kappa shape index (κ1) is 20.3. The van der Waals surface area contributed by atoms with Crippen LogP contribution in [0.3, 0.4) is 0 Å². The predicted molar refractivity (Wildman–Crippen MR) is 129 cm³/mol. The largest absolute Gasteiger partial charge is 0.493 e. The van der Waals surface area contributed by atoms with E-state index in [1.807, 2.05) is 18.2 Å². The van der Waals surface area contributed by atoms with Crippen LogP contribution in [0.5, 0.6) is 5.88 Å². The average Bonchev–Trinajstić information content (AvgIpc) is 3.15. The molecule has 0 radical (unpaired) electrons. The molecule has 0 spiro atoms. The van der Waals surface area contributed by atoms with E-state index in [2.05, 4.69) is 57.8 Å². The number of fused-ring (bicyclic) bond motifs is 4. The molecule has 3 N–H and O–H groups in total. The van der Waals surface area contributed by atoms with Gasteiger partial charge in [-0.15, -0.1) is 0 Å². The summed E-state index contributed by atoms with van der Waals surface area (Å²) in [7, 11) is 0. The van der Waals surface area contributed by atoms with Crippen LogP contribution in [0.4, 0.5) is 11.4 Å². The van der Waals surface area contributed by atoms with E-state index < -0.39 is 0 Å². The molecule has 0 aliphatic carbocycles. The van der Waals surface area contributed by atoms with Crippen molar-refractivity contribution < 1.29 is 5.11 Å². The molecule has 2 aromatic carbocycles. The summed E-state index contributed by atoms with van der Waals surface area (Å²) in [6.45, 7) is 8.95. The molecule has 3 aliphatic heterocycles. The van der Waals surface area contributed by atoms with Crippen LogP contribution in [0, 0.1) is 11.3 Å². The van der Waals surface area contributed by atoms with Crippen molar-refractivity contribution in [1.82, 2.24) is 9.88 Å². The van der Waals surface area contributed by atoms with Crippen LogP contribution in [0.25, 0.3) is 10.9 Å². The maximum Gasteiger partial charge on any atom is 0.211 e. The number of hydrogen-bond acceptors (Lipinski definition) is 7. The van der Waals surface area contributed by atoms with Gasteiger partial charge in [-0.2, -0.15) is 5.26 Å². The number of benzene rings is 2. The van der Waals surface area contributed by atoms with Gasteiger partial charge in [-0.25, -0.2) is 4.98 Å². The van der Waals surface area contributed by atoms with Gasteiger partial charge < -0.3 is 20.6 Å². The fraction of sp³-hybridized carbons (Fsp3) is 0.385. The molecule has 7 nitrogen and oxygen atoms in total. The molecule has 0 amide bonds. The second kappa shape index (κ2) is 7.08. The molecule has 3 aliphatic rings. The molecular weight excluding hydrogens is 412 g/mol. The number of piperazine rings is 1. The van der Waals surface area contributed by atoms with Crippen molar-refractivity contribution in [3.05, 3.63) is 59.2 Å². The van der Waals surface area contributed by atoms with Gasteiger partial charge >= 0.3 is 0 Å². The minimum atomic E-state index is -0.0823. The third kappa shape index (κ3) is 3.21. The summed E-state index contributed by atoms with van der Waals surface area (Å²) in [4.78, 5) is 11.6. The minimum absolute atomic E-state index is 0.0629. The summed E-state index contributed by atoms with van der Waals surface area (Å²) in [5.41, 5.74) is 12.3. The van der Waals surface area contributed by atoms with Gasteiger partial charge in [0.2, 0.25) is 5.88 Å². The highest BCUT2D eigenvalue weighted by atomic mass is 16.3. The molecule has 33 heavy (non-hydrogen) atoms. The molecule has 0 saturated carbocycles. The van der Waals surface area contributed by atoms with Crippen molar-refractivity contribution in [2.75, 3.05) is 36.0 Å². The predicted octanol–water partition coefficient (Wildman–Crippen LogP) is 3.11. The molecule has 0 bridgehead atoms. The number of rotatable bonds is 2. The number of hydrogen-bond donors (Lipinski definition) is 2. The van der Waals surface area contributed by atoms with Crippen molar-refractivity contribution in [3.63, 3.8) is 0 Å². The molecule has 2 atom stereocenters. The maximum absolute atomic E-state index is 9.89. The Balaban J connectivity index is 1.33. The quantitative estimate of drug-likeness (QED) is 0.632. The summed E-state index contributed by atoms with van der Waals surface area (Å²) in [5, 5.41) is 20.3. The van der Waals surface area contributed by atoms with Gasteiger partial charge in [0, 0.05) is 67.1 Å². The second-order valence-electron chi connectivity index (χ2n) is 10.1. The first-order chi connectivity index (χ1) is 15.8. The monoisotopic (exact) mass is 440 g/mol. The van der Waals surface area contributed by atoms with Crippen molar-refractivity contribution in [1.29, 1.82) is 5.26 Å². The topological polar surface area (TPSA) is 92.7 Å². The van der Waals surface area contributed by atoms with Crippen LogP contribution < -0.4 is 15.5 Å². The smallest absolute Gasteiger partial charge is 0.211 e. The van der Waals surface area contributed by atoms with Gasteiger partial charge in [-0.05, 0) is 55.3 Å². The van der Waals surface area contributed by atoms with Gasteiger partial charge in [0.15, 0.2) is 0 Å². The summed E-state index contributed by atoms with van der Waals surface area (Å²) >= 11 is 0. The summed E-state index contributed by atoms with van der Waals surface area (Å²) in [6, 6.07) is 17.1. The van der Waals surface area contributed by atoms with E-state index in [1.54, 1.807) is 6.07 Å². The van der Waals surface area contributed by atoms with Gasteiger partial charge in [0.25, 0.3) is 0 Å². The lowest BCUT2D eigenvalue weighted by Crippen LogP contribution is -2.65. The lowest BCUT2D eigenvalue weighted by molar-refractivity contribution is 0.134. The van der Waals surface area contributed by atoms with Crippen molar-refractivity contribution in [2.45, 2.75) is 38.0 Å². The van der Waals surface area contributed by atoms with Crippen LogP contribution in [0.2, 0.25) is 0 Å². The van der Waals surface area contributed by atoms with E-state index in [-0.39, 0.29) is 11.4 Å². The number of nitriles is 1. The van der Waals surface area contributed by atoms with Gasteiger partial charge in [0.05, 0.1) is 17.1 Å². The zero-order valence-corrected chi connectivity index (χ0v) is 19.0. The Morgan fingerprint density at radius 3 is 2.70 bits per heavy atom. The highest BCUT2D eigenvalue weighted by Crippen LogP contribution is 2.43. The van der Waals surface area contributed by atoms with Crippen molar-refractivity contribution >= 4 is 22.3 Å². The number of anilines is 2. The molecule has 2 saturated heterocycles. The number of aromatic hydroxyl groups is 1. The lowest BCUT2D eigenvalue weighted by Gasteiger charge is -2.47. The molecule has 2 fully saturated rings. The number of nitrogens with two attached hydrogens (primary N) is 1. The fourth-order valence-electron chi connectivity index (χ4n) is 5.87. The summed E-state index contributed by atoms with van der Waals surface area (Å²) in [6.07, 6.45) is 0. The van der Waals surface area contributed by atoms with E-state index in [0.717, 1.165) is 43.8 Å². The Hall–Kier alpha value is -3.34. The van der Waals surface area contributed by atoms with Crippen LogP contribution in [0.1, 0.15) is 36.6 Å². The molecule has 4 heterocycles. The van der Waals surface area contributed by atoms with E-state index in [0.29, 0.717) is 23.2 Å². The SMILES string of the molecule is CC1CN(c2ccc(C#N)c3nc(O)ccc23)CC2c3ccc(N4CC(C)(N)C4)cc3CN12. The highest BCUT2D eigenvalue weighted by Gasteiger charge is 2.40. The van der Waals surface area contributed by atoms with Crippen LogP contribution in [-0.4, -0.2) is 52.8 Å². The maximum atomic E-state index is 9.89. The number of pyridine rings is 1. The summed E-state index contributed by atoms with van der Waals surface area (Å²) < 4.78 is 0. The Labute approximate surface area is 193 Å². The van der Waals surface area contributed by atoms with E-state index in [1.165, 1.54) is 16.8 Å². The Morgan fingerprint density at radius 2 is 1.94 bits per heavy atom. The molecule has 6 rings (SSSR count). The van der Waals surface area contributed by atoms with Crippen LogP contribution >= 0.6 is 0 Å². The Morgan fingerprint density at radius 1 is 1.12 bits per heavy atom. The Bertz CT molecular complexity index is 1300. The normalized spacial score (nSPS) is 23.7. The minimum Gasteiger partial charge on any atom is -0.493 e. The number of aromatic nitrogens is 1. The standard InChI is InChI=1S/C26H28N6O/c1-16-11-30(22-7-3-17(10-27)25-21(22)6-8-24(33)29-25)13-23-20-5-4-19(9-18(20)12-32(16)23)31-14-26(2,28)15-31/h3-9,16,23H,11-15,28H2,1-2H3,(H,29,33). The van der Waals surface area contributed by atoms with E-state index in [4.69, 9.17) is 5.73 Å². The van der Waals surface area contributed by atoms with Gasteiger partial charge in [-0.3, -0.25) is 4.90 Å². The molecular formula is C26H28N6O. The molecule has 3 aromatic rings. The zero-order chi connectivity index (χ0) is 22.9. The van der Waals surface area contributed by atoms with Crippen LogP contribution in [0.15, 0.2) is 42.5 Å². The van der Waals surface area contributed by atoms with E-state index >= 15 is 0 Å². The first-order valence-corrected chi connectivity index (χ1v) is 11.5. The van der Waals surface area contributed by atoms with Crippen LogP contribution in [-0.2, 0) is 6.54 Å². The third-order valence-corrected chi connectivity index (χ3v) is 7.43. The van der Waals surface area contributed by atoms with Gasteiger partial charge in [-0.1, -0.05) is 6.07 Å². The highest BCUT2D eigenvalue weighted by molar-refractivity contribution is 5.95. The number of nitrogens with zero attached hydrogens (tertiary/aromatic N) is 5. The van der Waals surface area contributed by atoms with Crippen molar-refractivity contribution in [3.8, 4) is 11.9 Å². The molecule has 2 unspecified atom stereocenters.